The van der Waals surface area contributed by atoms with E-state index in [1.165, 1.54) is 10.4 Å². The molecule has 0 radical (unpaired) electrons. The van der Waals surface area contributed by atoms with Crippen LogP contribution in [-0.4, -0.2) is 0 Å². The van der Waals surface area contributed by atoms with E-state index in [1.807, 2.05) is 42.5 Å². The second kappa shape index (κ2) is 5.06. The number of benzene rings is 2. The quantitative estimate of drug-likeness (QED) is 0.413. The molecule has 0 saturated carbocycles. The molecule has 0 bridgehead atoms. The summed E-state index contributed by atoms with van der Waals surface area (Å²) >= 11 is 7.66. The third kappa shape index (κ3) is 2.27. The Hall–Kier alpha value is -2.03. The number of halogens is 1. The first kappa shape index (κ1) is 12.7. The molecule has 0 aliphatic heterocycles. The first-order valence-electron chi connectivity index (χ1n) is 6.64. The van der Waals surface area contributed by atoms with Crippen LogP contribution in [0.25, 0.3) is 32.7 Å². The van der Waals surface area contributed by atoms with Crippen LogP contribution in [0.1, 0.15) is 0 Å². The maximum absolute atomic E-state index is 5.96. The van der Waals surface area contributed by atoms with Crippen molar-refractivity contribution in [2.24, 2.45) is 0 Å². The number of rotatable bonds is 2. The minimum Gasteiger partial charge on any atom is -0.455 e. The summed E-state index contributed by atoms with van der Waals surface area (Å²) in [5, 5.41) is 3.97. The Bertz CT molecular complexity index is 888. The fraction of sp³-hybridized carbons (Fsp3) is 0. The summed E-state index contributed by atoms with van der Waals surface area (Å²) in [6.45, 7) is 0. The zero-order chi connectivity index (χ0) is 14.2. The Balaban J connectivity index is 1.85. The van der Waals surface area contributed by atoms with Crippen LogP contribution in [0.3, 0.4) is 0 Å². The van der Waals surface area contributed by atoms with Gasteiger partial charge in [0.15, 0.2) is 0 Å². The second-order valence-electron chi connectivity index (χ2n) is 4.83. The van der Waals surface area contributed by atoms with E-state index in [1.54, 1.807) is 11.3 Å². The molecule has 3 heteroatoms. The smallest absolute Gasteiger partial charge is 0.146 e. The zero-order valence-electron chi connectivity index (χ0n) is 11.0. The van der Waals surface area contributed by atoms with Crippen LogP contribution in [0.5, 0.6) is 0 Å². The molecule has 21 heavy (non-hydrogen) atoms. The summed E-state index contributed by atoms with van der Waals surface area (Å²) in [6.07, 6.45) is 0. The number of thiophene rings is 1. The lowest BCUT2D eigenvalue weighted by atomic mass is 10.1. The van der Waals surface area contributed by atoms with Crippen molar-refractivity contribution in [3.8, 4) is 21.8 Å². The minimum atomic E-state index is 0.753. The van der Waals surface area contributed by atoms with Crippen molar-refractivity contribution >= 4 is 33.9 Å². The molecule has 0 amide bonds. The molecule has 1 nitrogen and oxygen atoms in total. The lowest BCUT2D eigenvalue weighted by molar-refractivity contribution is 0.633. The highest BCUT2D eigenvalue weighted by Gasteiger charge is 2.13. The molecule has 2 aromatic heterocycles. The van der Waals surface area contributed by atoms with Gasteiger partial charge in [0.1, 0.15) is 11.3 Å². The molecule has 0 saturated heterocycles. The molecule has 0 unspecified atom stereocenters. The molecular formula is C18H11ClOS. The number of furan rings is 1. The van der Waals surface area contributed by atoms with E-state index in [0.29, 0.717) is 0 Å². The van der Waals surface area contributed by atoms with Crippen LogP contribution in [0.15, 0.2) is 70.5 Å². The van der Waals surface area contributed by atoms with Gasteiger partial charge in [-0.3, -0.25) is 0 Å². The highest BCUT2D eigenvalue weighted by atomic mass is 35.5. The summed E-state index contributed by atoms with van der Waals surface area (Å²) in [5.41, 5.74) is 3.20. The predicted octanol–water partition coefficient (Wildman–Crippen LogP) is 6.48. The van der Waals surface area contributed by atoms with E-state index >= 15 is 0 Å². The normalized spacial score (nSPS) is 11.1. The van der Waals surface area contributed by atoms with Crippen molar-refractivity contribution < 1.29 is 4.42 Å². The molecule has 0 N–H and O–H groups in total. The van der Waals surface area contributed by atoms with Crippen molar-refractivity contribution in [3.05, 3.63) is 71.1 Å². The van der Waals surface area contributed by atoms with Gasteiger partial charge in [-0.25, -0.2) is 0 Å². The Morgan fingerprint density at radius 3 is 2.38 bits per heavy atom. The first-order chi connectivity index (χ1) is 10.3. The lowest BCUT2D eigenvalue weighted by Gasteiger charge is -1.97. The van der Waals surface area contributed by atoms with E-state index in [2.05, 4.69) is 23.6 Å². The van der Waals surface area contributed by atoms with Gasteiger partial charge < -0.3 is 4.42 Å². The maximum Gasteiger partial charge on any atom is 0.146 e. The topological polar surface area (TPSA) is 13.1 Å². The Kier molecular flexibility index (Phi) is 3.06. The summed E-state index contributed by atoms with van der Waals surface area (Å²) < 4.78 is 5.96. The molecule has 4 rings (SSSR count). The zero-order valence-corrected chi connectivity index (χ0v) is 12.6. The van der Waals surface area contributed by atoms with Gasteiger partial charge >= 0.3 is 0 Å². The van der Waals surface area contributed by atoms with Gasteiger partial charge in [-0.15, -0.1) is 11.3 Å². The lowest BCUT2D eigenvalue weighted by Crippen LogP contribution is -1.72. The van der Waals surface area contributed by atoms with E-state index < -0.39 is 0 Å². The highest BCUT2D eigenvalue weighted by molar-refractivity contribution is 7.15. The van der Waals surface area contributed by atoms with Crippen molar-refractivity contribution in [1.82, 2.24) is 0 Å². The van der Waals surface area contributed by atoms with E-state index in [0.717, 1.165) is 27.3 Å². The second-order valence-corrected chi connectivity index (χ2v) is 6.14. The summed E-state index contributed by atoms with van der Waals surface area (Å²) in [4.78, 5) is 1.22. The third-order valence-electron chi connectivity index (χ3n) is 3.45. The largest absolute Gasteiger partial charge is 0.455 e. The molecule has 0 spiro atoms. The standard InChI is InChI=1S/C18H11ClOS/c19-14-8-6-13(7-9-14)18-15-10-16(20-17(15)11-21-18)12-4-2-1-3-5-12/h1-11H. The number of hydrogen-bond acceptors (Lipinski definition) is 2. The highest BCUT2D eigenvalue weighted by Crippen LogP contribution is 2.39. The molecule has 2 aromatic carbocycles. The molecule has 102 valence electrons. The summed E-state index contributed by atoms with van der Waals surface area (Å²) in [6, 6.07) is 20.2. The van der Waals surface area contributed by atoms with Crippen molar-refractivity contribution in [1.29, 1.82) is 0 Å². The molecule has 0 aliphatic rings. The number of fused-ring (bicyclic) bond motifs is 1. The van der Waals surface area contributed by atoms with Gasteiger partial charge in [0.25, 0.3) is 0 Å². The average molecular weight is 311 g/mol. The van der Waals surface area contributed by atoms with E-state index in [9.17, 15) is 0 Å². The fourth-order valence-corrected chi connectivity index (χ4v) is 3.50. The predicted molar refractivity (Wildman–Crippen MR) is 90.0 cm³/mol. The fourth-order valence-electron chi connectivity index (χ4n) is 2.42. The average Bonchev–Trinajstić information content (AvgIpc) is 3.09. The van der Waals surface area contributed by atoms with Gasteiger partial charge in [-0.05, 0) is 23.8 Å². The van der Waals surface area contributed by atoms with Crippen LogP contribution in [0.2, 0.25) is 5.02 Å². The van der Waals surface area contributed by atoms with Gasteiger partial charge in [0.2, 0.25) is 0 Å². The Morgan fingerprint density at radius 2 is 1.62 bits per heavy atom. The van der Waals surface area contributed by atoms with Crippen molar-refractivity contribution in [2.45, 2.75) is 0 Å². The molecule has 0 fully saturated rings. The number of hydrogen-bond donors (Lipinski definition) is 0. The van der Waals surface area contributed by atoms with Crippen LogP contribution >= 0.6 is 22.9 Å². The van der Waals surface area contributed by atoms with Crippen LogP contribution in [0.4, 0.5) is 0 Å². The summed E-state index contributed by atoms with van der Waals surface area (Å²) in [5.74, 6) is 0.906. The van der Waals surface area contributed by atoms with Gasteiger partial charge in [-0.1, -0.05) is 54.1 Å². The first-order valence-corrected chi connectivity index (χ1v) is 7.89. The molecule has 0 atom stereocenters. The van der Waals surface area contributed by atoms with Gasteiger partial charge in [0, 0.05) is 26.2 Å². The van der Waals surface area contributed by atoms with Crippen LogP contribution < -0.4 is 0 Å². The Labute approximate surface area is 131 Å². The molecule has 2 heterocycles. The minimum absolute atomic E-state index is 0.753. The SMILES string of the molecule is Clc1ccc(-c2scc3oc(-c4ccccc4)cc23)cc1. The Morgan fingerprint density at radius 1 is 0.857 bits per heavy atom. The van der Waals surface area contributed by atoms with Gasteiger partial charge in [0.05, 0.1) is 0 Å². The maximum atomic E-state index is 5.96. The van der Waals surface area contributed by atoms with Crippen LogP contribution in [0, 0.1) is 0 Å². The molecule has 4 aromatic rings. The monoisotopic (exact) mass is 310 g/mol. The van der Waals surface area contributed by atoms with Crippen LogP contribution in [-0.2, 0) is 0 Å². The van der Waals surface area contributed by atoms with Crippen molar-refractivity contribution in [3.63, 3.8) is 0 Å². The van der Waals surface area contributed by atoms with Crippen molar-refractivity contribution in [2.75, 3.05) is 0 Å². The summed E-state index contributed by atoms with van der Waals surface area (Å²) in [7, 11) is 0. The third-order valence-corrected chi connectivity index (χ3v) is 4.73. The van der Waals surface area contributed by atoms with E-state index in [4.69, 9.17) is 16.0 Å². The van der Waals surface area contributed by atoms with Gasteiger partial charge in [-0.2, -0.15) is 0 Å². The molecular weight excluding hydrogens is 300 g/mol. The molecule has 0 aliphatic carbocycles. The van der Waals surface area contributed by atoms with E-state index in [-0.39, 0.29) is 0 Å².